The van der Waals surface area contributed by atoms with E-state index in [2.05, 4.69) is 31.2 Å². The summed E-state index contributed by atoms with van der Waals surface area (Å²) in [5.41, 5.74) is 7.99. The molecule has 25 heavy (non-hydrogen) atoms. The van der Waals surface area contributed by atoms with E-state index in [0.29, 0.717) is 33.6 Å². The highest BCUT2D eigenvalue weighted by atomic mass is 16.2. The minimum Gasteiger partial charge on any atom is -0.295 e. The Hall–Kier alpha value is -3.75. The molecule has 0 saturated heterocycles. The molecule has 9 heteroatoms. The number of carbonyl (C=O) groups is 2. The van der Waals surface area contributed by atoms with Gasteiger partial charge < -0.3 is 0 Å². The van der Waals surface area contributed by atoms with Gasteiger partial charge in [-0.2, -0.15) is 15.4 Å². The summed E-state index contributed by atoms with van der Waals surface area (Å²) >= 11 is 0. The van der Waals surface area contributed by atoms with Gasteiger partial charge in [-0.25, -0.2) is 4.98 Å². The van der Waals surface area contributed by atoms with Crippen LogP contribution in [0.25, 0.3) is 16.7 Å². The van der Waals surface area contributed by atoms with Crippen LogP contribution in [0.3, 0.4) is 0 Å². The van der Waals surface area contributed by atoms with Gasteiger partial charge in [0.25, 0.3) is 11.8 Å². The first-order valence-electron chi connectivity index (χ1n) is 7.48. The van der Waals surface area contributed by atoms with Crippen molar-refractivity contribution in [2.45, 2.75) is 6.92 Å². The second-order valence-electron chi connectivity index (χ2n) is 5.41. The Balaban J connectivity index is 1.52. The van der Waals surface area contributed by atoms with Crippen molar-refractivity contribution in [3.8, 4) is 0 Å². The van der Waals surface area contributed by atoms with E-state index >= 15 is 0 Å². The second kappa shape index (κ2) is 5.71. The van der Waals surface area contributed by atoms with Gasteiger partial charge >= 0.3 is 0 Å². The monoisotopic (exact) mass is 335 g/mol. The zero-order valence-electron chi connectivity index (χ0n) is 13.1. The zero-order chi connectivity index (χ0) is 17.4. The SMILES string of the molecule is Cc1nc2ccccn2c1C(=O)NNC(=O)c1ccc2n[nH]nc2c1. The van der Waals surface area contributed by atoms with Crippen LogP contribution in [0.5, 0.6) is 0 Å². The topological polar surface area (TPSA) is 117 Å². The molecule has 2 amide bonds. The number of amides is 2. The molecule has 9 nitrogen and oxygen atoms in total. The van der Waals surface area contributed by atoms with Crippen molar-refractivity contribution in [1.29, 1.82) is 0 Å². The van der Waals surface area contributed by atoms with Crippen LogP contribution in [-0.2, 0) is 0 Å². The second-order valence-corrected chi connectivity index (χ2v) is 5.41. The molecule has 1 aromatic carbocycles. The summed E-state index contributed by atoms with van der Waals surface area (Å²) in [7, 11) is 0. The maximum atomic E-state index is 12.4. The summed E-state index contributed by atoms with van der Waals surface area (Å²) < 4.78 is 1.66. The van der Waals surface area contributed by atoms with Crippen LogP contribution in [0, 0.1) is 6.92 Å². The summed E-state index contributed by atoms with van der Waals surface area (Å²) in [6.07, 6.45) is 1.74. The van der Waals surface area contributed by atoms with Gasteiger partial charge in [-0.15, -0.1) is 0 Å². The van der Waals surface area contributed by atoms with Crippen LogP contribution in [0.15, 0.2) is 42.6 Å². The molecule has 0 spiro atoms. The highest BCUT2D eigenvalue weighted by molar-refractivity contribution is 6.00. The molecule has 0 saturated carbocycles. The first-order valence-corrected chi connectivity index (χ1v) is 7.48. The minimum absolute atomic E-state index is 0.358. The van der Waals surface area contributed by atoms with Gasteiger partial charge in [0, 0.05) is 11.8 Å². The van der Waals surface area contributed by atoms with Crippen LogP contribution < -0.4 is 10.9 Å². The number of hydrazine groups is 1. The Morgan fingerprint density at radius 1 is 1.04 bits per heavy atom. The number of aromatic nitrogens is 5. The predicted molar refractivity (Wildman–Crippen MR) is 88.8 cm³/mol. The third kappa shape index (κ3) is 2.57. The number of rotatable bonds is 2. The van der Waals surface area contributed by atoms with E-state index in [0.717, 1.165) is 0 Å². The molecular formula is C16H13N7O2. The molecule has 0 radical (unpaired) electrons. The van der Waals surface area contributed by atoms with Crippen LogP contribution in [0.2, 0.25) is 0 Å². The van der Waals surface area contributed by atoms with Gasteiger partial charge in [-0.3, -0.25) is 24.8 Å². The largest absolute Gasteiger partial charge is 0.295 e. The Morgan fingerprint density at radius 3 is 2.72 bits per heavy atom. The molecule has 0 fully saturated rings. The average Bonchev–Trinajstić information content (AvgIpc) is 3.21. The molecule has 0 aliphatic heterocycles. The Bertz CT molecular complexity index is 1110. The lowest BCUT2D eigenvalue weighted by atomic mass is 10.2. The minimum atomic E-state index is -0.454. The highest BCUT2D eigenvalue weighted by Gasteiger charge is 2.17. The smallest absolute Gasteiger partial charge is 0.288 e. The number of pyridine rings is 1. The molecule has 3 heterocycles. The lowest BCUT2D eigenvalue weighted by molar-refractivity contribution is 0.0843. The number of aryl methyl sites for hydroxylation is 1. The summed E-state index contributed by atoms with van der Waals surface area (Å²) in [5, 5.41) is 10.3. The summed E-state index contributed by atoms with van der Waals surface area (Å²) in [6, 6.07) is 10.3. The molecule has 0 aliphatic carbocycles. The molecule has 0 aliphatic rings. The standard InChI is InChI=1S/C16H13N7O2/c1-9-14(23-7-3-2-4-13(23)17-9)16(25)21-20-15(24)10-5-6-11-12(8-10)19-22-18-11/h2-8H,1H3,(H,20,24)(H,21,25)(H,18,19,22). The number of fused-ring (bicyclic) bond motifs is 2. The van der Waals surface area contributed by atoms with E-state index in [1.807, 2.05) is 6.07 Å². The van der Waals surface area contributed by atoms with E-state index in [1.54, 1.807) is 47.9 Å². The van der Waals surface area contributed by atoms with E-state index in [9.17, 15) is 9.59 Å². The first-order chi connectivity index (χ1) is 12.1. The van der Waals surface area contributed by atoms with Crippen molar-refractivity contribution >= 4 is 28.5 Å². The van der Waals surface area contributed by atoms with Gasteiger partial charge in [0.2, 0.25) is 0 Å². The van der Waals surface area contributed by atoms with Gasteiger partial charge in [0.05, 0.1) is 5.69 Å². The van der Waals surface area contributed by atoms with Crippen molar-refractivity contribution in [3.05, 3.63) is 59.5 Å². The molecule has 124 valence electrons. The fraction of sp³-hybridized carbons (Fsp3) is 0.0625. The lowest BCUT2D eigenvalue weighted by Gasteiger charge is -2.08. The van der Waals surface area contributed by atoms with Crippen molar-refractivity contribution in [3.63, 3.8) is 0 Å². The third-order valence-electron chi connectivity index (χ3n) is 3.79. The average molecular weight is 335 g/mol. The number of H-pyrrole nitrogens is 1. The Morgan fingerprint density at radius 2 is 1.84 bits per heavy atom. The van der Waals surface area contributed by atoms with Crippen LogP contribution >= 0.6 is 0 Å². The Kier molecular flexibility index (Phi) is 3.38. The van der Waals surface area contributed by atoms with Gasteiger partial charge in [0.1, 0.15) is 22.4 Å². The number of aromatic amines is 1. The van der Waals surface area contributed by atoms with Crippen LogP contribution in [0.1, 0.15) is 26.5 Å². The van der Waals surface area contributed by atoms with E-state index < -0.39 is 11.8 Å². The van der Waals surface area contributed by atoms with Gasteiger partial charge in [-0.05, 0) is 37.3 Å². The molecule has 0 bridgehead atoms. The van der Waals surface area contributed by atoms with Crippen molar-refractivity contribution in [2.24, 2.45) is 0 Å². The fourth-order valence-corrected chi connectivity index (χ4v) is 2.61. The first kappa shape index (κ1) is 14.8. The normalized spacial score (nSPS) is 10.9. The maximum Gasteiger partial charge on any atom is 0.288 e. The molecule has 0 atom stereocenters. The highest BCUT2D eigenvalue weighted by Crippen LogP contribution is 2.12. The quantitative estimate of drug-likeness (QED) is 0.472. The third-order valence-corrected chi connectivity index (χ3v) is 3.79. The molecular weight excluding hydrogens is 322 g/mol. The fourth-order valence-electron chi connectivity index (χ4n) is 2.61. The molecule has 0 unspecified atom stereocenters. The van der Waals surface area contributed by atoms with Gasteiger partial charge in [0.15, 0.2) is 0 Å². The molecule has 4 aromatic rings. The van der Waals surface area contributed by atoms with E-state index in [4.69, 9.17) is 0 Å². The summed E-state index contributed by atoms with van der Waals surface area (Å²) in [5.74, 6) is -0.906. The number of benzene rings is 1. The number of imidazole rings is 1. The summed E-state index contributed by atoms with van der Waals surface area (Å²) in [6.45, 7) is 1.74. The zero-order valence-corrected chi connectivity index (χ0v) is 13.1. The Labute approximate surface area is 141 Å². The van der Waals surface area contributed by atoms with E-state index in [1.165, 1.54) is 0 Å². The van der Waals surface area contributed by atoms with Crippen molar-refractivity contribution in [2.75, 3.05) is 0 Å². The number of hydrogen-bond acceptors (Lipinski definition) is 5. The molecule has 3 aromatic heterocycles. The number of carbonyl (C=O) groups excluding carboxylic acids is 2. The lowest BCUT2D eigenvalue weighted by Crippen LogP contribution is -2.42. The molecule has 3 N–H and O–H groups in total. The molecule has 4 rings (SSSR count). The predicted octanol–water partition coefficient (Wildman–Crippen LogP) is 0.989. The van der Waals surface area contributed by atoms with Crippen molar-refractivity contribution < 1.29 is 9.59 Å². The van der Waals surface area contributed by atoms with Crippen LogP contribution in [-0.4, -0.2) is 36.6 Å². The maximum absolute atomic E-state index is 12.4. The summed E-state index contributed by atoms with van der Waals surface area (Å²) in [4.78, 5) is 29.0. The van der Waals surface area contributed by atoms with Gasteiger partial charge in [-0.1, -0.05) is 6.07 Å². The number of nitrogens with zero attached hydrogens (tertiary/aromatic N) is 4. The van der Waals surface area contributed by atoms with E-state index in [-0.39, 0.29) is 0 Å². The number of hydrogen-bond donors (Lipinski definition) is 3. The number of nitrogens with one attached hydrogen (secondary N) is 3. The van der Waals surface area contributed by atoms with Crippen molar-refractivity contribution in [1.82, 2.24) is 35.6 Å². The van der Waals surface area contributed by atoms with Crippen LogP contribution in [0.4, 0.5) is 0 Å².